The number of rotatable bonds is 2. The average molecular weight is 200 g/mol. The van der Waals surface area contributed by atoms with Gasteiger partial charge in [0, 0.05) is 18.2 Å². The summed E-state index contributed by atoms with van der Waals surface area (Å²) < 4.78 is 0. The quantitative estimate of drug-likeness (QED) is 0.757. The van der Waals surface area contributed by atoms with E-state index in [2.05, 4.69) is 10.2 Å². The standard InChI is InChI=1S/C12H12N2O/c1-8-11(10-6-4-3-5-7-10)12(9(2)15)14-13-8/h3-7H,1-2H3,(H,13,14). The first kappa shape index (κ1) is 9.65. The molecule has 15 heavy (non-hydrogen) atoms. The number of aryl methyl sites for hydroxylation is 1. The summed E-state index contributed by atoms with van der Waals surface area (Å²) in [5.41, 5.74) is 3.36. The van der Waals surface area contributed by atoms with E-state index in [4.69, 9.17) is 0 Å². The van der Waals surface area contributed by atoms with Crippen LogP contribution >= 0.6 is 0 Å². The summed E-state index contributed by atoms with van der Waals surface area (Å²) in [6, 6.07) is 9.80. The Morgan fingerprint density at radius 2 is 1.93 bits per heavy atom. The molecule has 1 N–H and O–H groups in total. The van der Waals surface area contributed by atoms with E-state index in [0.29, 0.717) is 5.69 Å². The van der Waals surface area contributed by atoms with Gasteiger partial charge in [-0.25, -0.2) is 0 Å². The molecule has 0 radical (unpaired) electrons. The van der Waals surface area contributed by atoms with Crippen molar-refractivity contribution in [1.82, 2.24) is 10.2 Å². The molecule has 2 aromatic rings. The van der Waals surface area contributed by atoms with Gasteiger partial charge in [0.2, 0.25) is 0 Å². The van der Waals surface area contributed by atoms with Crippen LogP contribution in [0.5, 0.6) is 0 Å². The van der Waals surface area contributed by atoms with Crippen LogP contribution in [-0.2, 0) is 0 Å². The molecule has 0 fully saturated rings. The molecule has 1 aromatic carbocycles. The van der Waals surface area contributed by atoms with E-state index in [1.165, 1.54) is 6.92 Å². The molecule has 1 heterocycles. The van der Waals surface area contributed by atoms with E-state index in [9.17, 15) is 4.79 Å². The fourth-order valence-electron chi connectivity index (χ4n) is 1.64. The molecule has 1 aromatic heterocycles. The van der Waals surface area contributed by atoms with Crippen molar-refractivity contribution in [3.63, 3.8) is 0 Å². The highest BCUT2D eigenvalue weighted by Gasteiger charge is 2.15. The minimum atomic E-state index is -0.0156. The second-order valence-corrected chi connectivity index (χ2v) is 3.49. The highest BCUT2D eigenvalue weighted by atomic mass is 16.1. The molecule has 0 saturated heterocycles. The molecular formula is C12H12N2O. The number of aromatic nitrogens is 2. The van der Waals surface area contributed by atoms with Gasteiger partial charge in [0.15, 0.2) is 5.78 Å². The van der Waals surface area contributed by atoms with Crippen LogP contribution in [0.1, 0.15) is 23.1 Å². The monoisotopic (exact) mass is 200 g/mol. The van der Waals surface area contributed by atoms with Gasteiger partial charge in [-0.2, -0.15) is 5.10 Å². The first-order valence-corrected chi connectivity index (χ1v) is 4.81. The number of hydrogen-bond donors (Lipinski definition) is 1. The Hall–Kier alpha value is -1.90. The zero-order valence-corrected chi connectivity index (χ0v) is 8.74. The third-order valence-electron chi connectivity index (χ3n) is 2.34. The molecule has 0 aliphatic rings. The molecule has 76 valence electrons. The Kier molecular flexibility index (Phi) is 2.37. The molecule has 0 aliphatic carbocycles. The number of H-pyrrole nitrogens is 1. The van der Waals surface area contributed by atoms with Crippen LogP contribution in [0.2, 0.25) is 0 Å². The van der Waals surface area contributed by atoms with Crippen molar-refractivity contribution < 1.29 is 4.79 Å². The van der Waals surface area contributed by atoms with Gasteiger partial charge in [0.25, 0.3) is 0 Å². The molecule has 0 saturated carbocycles. The second-order valence-electron chi connectivity index (χ2n) is 3.49. The van der Waals surface area contributed by atoms with E-state index in [1.54, 1.807) is 0 Å². The summed E-state index contributed by atoms with van der Waals surface area (Å²) in [5.74, 6) is -0.0156. The largest absolute Gasteiger partial charge is 0.293 e. The third kappa shape index (κ3) is 1.68. The number of nitrogens with zero attached hydrogens (tertiary/aromatic N) is 1. The first-order valence-electron chi connectivity index (χ1n) is 4.81. The molecule has 0 unspecified atom stereocenters. The maximum absolute atomic E-state index is 11.4. The lowest BCUT2D eigenvalue weighted by atomic mass is 10.0. The topological polar surface area (TPSA) is 45.8 Å². The van der Waals surface area contributed by atoms with Crippen LogP contribution in [-0.4, -0.2) is 16.0 Å². The molecule has 0 amide bonds. The average Bonchev–Trinajstić information content (AvgIpc) is 2.61. The van der Waals surface area contributed by atoms with Crippen LogP contribution in [0, 0.1) is 6.92 Å². The maximum Gasteiger partial charge on any atom is 0.180 e. The smallest absolute Gasteiger partial charge is 0.180 e. The fraction of sp³-hybridized carbons (Fsp3) is 0.167. The third-order valence-corrected chi connectivity index (χ3v) is 2.34. The van der Waals surface area contributed by atoms with Gasteiger partial charge in [-0.1, -0.05) is 30.3 Å². The van der Waals surface area contributed by atoms with Crippen molar-refractivity contribution in [3.8, 4) is 11.1 Å². The predicted molar refractivity (Wildman–Crippen MR) is 58.8 cm³/mol. The molecule has 3 heteroatoms. The summed E-state index contributed by atoms with van der Waals surface area (Å²) in [6.45, 7) is 3.45. The Morgan fingerprint density at radius 1 is 1.27 bits per heavy atom. The molecule has 2 rings (SSSR count). The summed E-state index contributed by atoms with van der Waals surface area (Å²) in [7, 11) is 0. The molecule has 3 nitrogen and oxygen atoms in total. The molecule has 0 atom stereocenters. The van der Waals surface area contributed by atoms with Crippen LogP contribution in [0.3, 0.4) is 0 Å². The summed E-state index contributed by atoms with van der Waals surface area (Å²) >= 11 is 0. The summed E-state index contributed by atoms with van der Waals surface area (Å²) in [6.07, 6.45) is 0. The van der Waals surface area contributed by atoms with E-state index < -0.39 is 0 Å². The number of Topliss-reactive ketones (excluding diaryl/α,β-unsaturated/α-hetero) is 1. The number of carbonyl (C=O) groups is 1. The normalized spacial score (nSPS) is 10.3. The maximum atomic E-state index is 11.4. The van der Waals surface area contributed by atoms with Crippen LogP contribution in [0.25, 0.3) is 11.1 Å². The molecule has 0 aliphatic heterocycles. The van der Waals surface area contributed by atoms with Gasteiger partial charge >= 0.3 is 0 Å². The lowest BCUT2D eigenvalue weighted by molar-refractivity contribution is 0.101. The Morgan fingerprint density at radius 3 is 2.53 bits per heavy atom. The van der Waals surface area contributed by atoms with Crippen molar-refractivity contribution in [1.29, 1.82) is 0 Å². The van der Waals surface area contributed by atoms with Crippen LogP contribution in [0.15, 0.2) is 30.3 Å². The molecule has 0 bridgehead atoms. The SMILES string of the molecule is CC(=O)c1n[nH]c(C)c1-c1ccccc1. The second kappa shape index (κ2) is 3.69. The fourth-order valence-corrected chi connectivity index (χ4v) is 1.64. The lowest BCUT2D eigenvalue weighted by Crippen LogP contribution is -1.95. The Labute approximate surface area is 88.1 Å². The van der Waals surface area contributed by atoms with Gasteiger partial charge in [-0.15, -0.1) is 0 Å². The number of nitrogens with one attached hydrogen (secondary N) is 1. The zero-order chi connectivity index (χ0) is 10.8. The number of benzene rings is 1. The predicted octanol–water partition coefficient (Wildman–Crippen LogP) is 2.59. The number of carbonyl (C=O) groups excluding carboxylic acids is 1. The van der Waals surface area contributed by atoms with Gasteiger partial charge in [0.05, 0.1) is 0 Å². The van der Waals surface area contributed by atoms with Crippen molar-refractivity contribution in [3.05, 3.63) is 41.7 Å². The van der Waals surface area contributed by atoms with E-state index >= 15 is 0 Å². The van der Waals surface area contributed by atoms with Crippen molar-refractivity contribution in [2.24, 2.45) is 0 Å². The molecular weight excluding hydrogens is 188 g/mol. The summed E-state index contributed by atoms with van der Waals surface area (Å²) in [5, 5.41) is 6.86. The first-order chi connectivity index (χ1) is 7.20. The van der Waals surface area contributed by atoms with E-state index in [-0.39, 0.29) is 5.78 Å². The van der Waals surface area contributed by atoms with Crippen molar-refractivity contribution in [2.75, 3.05) is 0 Å². The Bertz CT molecular complexity index is 486. The minimum Gasteiger partial charge on any atom is -0.293 e. The van der Waals surface area contributed by atoms with Crippen molar-refractivity contribution >= 4 is 5.78 Å². The van der Waals surface area contributed by atoms with E-state index in [1.807, 2.05) is 37.3 Å². The number of aromatic amines is 1. The highest BCUT2D eigenvalue weighted by Crippen LogP contribution is 2.25. The van der Waals surface area contributed by atoms with Gasteiger partial charge in [-0.3, -0.25) is 9.89 Å². The van der Waals surface area contributed by atoms with Crippen LogP contribution in [0.4, 0.5) is 0 Å². The highest BCUT2D eigenvalue weighted by molar-refractivity contribution is 5.99. The lowest BCUT2D eigenvalue weighted by Gasteiger charge is -2.00. The molecule has 0 spiro atoms. The minimum absolute atomic E-state index is 0.0156. The van der Waals surface area contributed by atoms with Crippen molar-refractivity contribution in [2.45, 2.75) is 13.8 Å². The van der Waals surface area contributed by atoms with E-state index in [0.717, 1.165) is 16.8 Å². The van der Waals surface area contributed by atoms with Gasteiger partial charge < -0.3 is 0 Å². The Balaban J connectivity index is 2.62. The number of hydrogen-bond acceptors (Lipinski definition) is 2. The van der Waals surface area contributed by atoms with Crippen LogP contribution < -0.4 is 0 Å². The number of ketones is 1. The summed E-state index contributed by atoms with van der Waals surface area (Å²) in [4.78, 5) is 11.4. The van der Waals surface area contributed by atoms with Gasteiger partial charge in [0.1, 0.15) is 5.69 Å². The zero-order valence-electron chi connectivity index (χ0n) is 8.74. The van der Waals surface area contributed by atoms with Gasteiger partial charge in [-0.05, 0) is 12.5 Å².